The van der Waals surface area contributed by atoms with Gasteiger partial charge in [0.2, 0.25) is 5.56 Å². The number of H-pyrrole nitrogens is 1. The Hall–Kier alpha value is -2.76. The number of nitrogens with one attached hydrogen (secondary N) is 1. The molecule has 3 heterocycles. The number of phosphoric acid groups is 1. The van der Waals surface area contributed by atoms with Crippen LogP contribution in [-0.4, -0.2) is 74.8 Å². The quantitative estimate of drug-likeness (QED) is 0.110. The van der Waals surface area contributed by atoms with Gasteiger partial charge in [0.05, 0.1) is 64.2 Å². The van der Waals surface area contributed by atoms with Crippen molar-refractivity contribution < 1.29 is 32.5 Å². The lowest BCUT2D eigenvalue weighted by Gasteiger charge is -2.46. The van der Waals surface area contributed by atoms with E-state index in [9.17, 15) is 14.3 Å². The van der Waals surface area contributed by atoms with Crippen LogP contribution in [0.3, 0.4) is 0 Å². The number of fused-ring (bicyclic) bond motifs is 2. The lowest BCUT2D eigenvalue weighted by Crippen LogP contribution is -2.61. The number of hydrogen-bond acceptors (Lipinski definition) is 9. The zero-order valence-electron chi connectivity index (χ0n) is 24.7. The van der Waals surface area contributed by atoms with Crippen LogP contribution in [-0.2, 0) is 18.3 Å². The first-order valence-corrected chi connectivity index (χ1v) is 17.1. The normalized spacial score (nSPS) is 16.6. The lowest BCUT2D eigenvalue weighted by molar-refractivity contribution is -0.943. The van der Waals surface area contributed by atoms with Gasteiger partial charge in [-0.3, -0.25) is 18.4 Å². The van der Waals surface area contributed by atoms with Crippen LogP contribution in [0.5, 0.6) is 5.75 Å². The van der Waals surface area contributed by atoms with Gasteiger partial charge in [-0.05, 0) is 73.9 Å². The van der Waals surface area contributed by atoms with Gasteiger partial charge in [-0.25, -0.2) is 0 Å². The molecule has 0 spiro atoms. The van der Waals surface area contributed by atoms with Crippen molar-refractivity contribution in [3.8, 4) is 5.75 Å². The fourth-order valence-corrected chi connectivity index (χ4v) is 6.99. The summed E-state index contributed by atoms with van der Waals surface area (Å²) in [5, 5.41) is 4.31. The summed E-state index contributed by atoms with van der Waals surface area (Å²) in [5.41, 5.74) is 1.80. The lowest BCUT2D eigenvalue weighted by atomic mass is 10.1. The number of ether oxygens (including phenoxy) is 2. The van der Waals surface area contributed by atoms with Gasteiger partial charge in [-0.15, -0.1) is 11.3 Å². The standard InChI is InChI=1S/C31H40N3O7PS/c1-24(2)38-19-20-40-42(36,37)41-23-34(16-13-33(14-17-34)29-6-5-7-30-27(29)12-21-43-30)15-3-4-18-39-26-10-8-25-9-11-31(35)32-28(25)22-26/h5-12,21-22,24H,3-4,13-20,23H2,1-2H3,(H-,32,35,36,37). The van der Waals surface area contributed by atoms with E-state index in [1.54, 1.807) is 17.4 Å². The highest BCUT2D eigenvalue weighted by atomic mass is 32.1. The number of benzene rings is 2. The maximum absolute atomic E-state index is 12.6. The number of thiophene rings is 1. The molecule has 0 bridgehead atoms. The van der Waals surface area contributed by atoms with Gasteiger partial charge < -0.3 is 28.8 Å². The van der Waals surface area contributed by atoms with Crippen molar-refractivity contribution in [2.24, 2.45) is 0 Å². The molecule has 1 unspecified atom stereocenters. The first-order valence-electron chi connectivity index (χ1n) is 14.8. The summed E-state index contributed by atoms with van der Waals surface area (Å²) >= 11 is 1.73. The zero-order chi connectivity index (χ0) is 30.3. The molecule has 10 nitrogen and oxygen atoms in total. The summed E-state index contributed by atoms with van der Waals surface area (Å²) in [5.74, 6) is 0.698. The Morgan fingerprint density at radius 1 is 1.02 bits per heavy atom. The van der Waals surface area contributed by atoms with Crippen molar-refractivity contribution in [1.82, 2.24) is 4.98 Å². The van der Waals surface area contributed by atoms with Crippen LogP contribution < -0.4 is 20.1 Å². The third-order valence-corrected chi connectivity index (χ3v) is 9.58. The maximum Gasteiger partial charge on any atom is 0.272 e. The van der Waals surface area contributed by atoms with Crippen LogP contribution in [0.15, 0.2) is 64.8 Å². The van der Waals surface area contributed by atoms with Gasteiger partial charge in [-0.2, -0.15) is 0 Å². The molecule has 1 saturated heterocycles. The third kappa shape index (κ3) is 8.67. The van der Waals surface area contributed by atoms with Crippen LogP contribution in [0.25, 0.3) is 21.0 Å². The number of quaternary nitrogens is 1. The molecule has 232 valence electrons. The van der Waals surface area contributed by atoms with Gasteiger partial charge in [0, 0.05) is 27.9 Å². The molecule has 1 N–H and O–H groups in total. The predicted molar refractivity (Wildman–Crippen MR) is 169 cm³/mol. The van der Waals surface area contributed by atoms with Crippen LogP contribution in [0, 0.1) is 0 Å². The molecule has 0 amide bonds. The Balaban J connectivity index is 1.18. The van der Waals surface area contributed by atoms with Crippen molar-refractivity contribution in [2.75, 3.05) is 64.2 Å². The van der Waals surface area contributed by atoms with E-state index < -0.39 is 7.82 Å². The van der Waals surface area contributed by atoms with Crippen molar-refractivity contribution in [1.29, 1.82) is 0 Å². The van der Waals surface area contributed by atoms with Gasteiger partial charge in [0.15, 0.2) is 6.73 Å². The molecule has 0 radical (unpaired) electrons. The number of phosphoric ester groups is 1. The van der Waals surface area contributed by atoms with Crippen LogP contribution in [0.1, 0.15) is 26.7 Å². The maximum atomic E-state index is 12.6. The molecule has 0 aliphatic carbocycles. The molecule has 43 heavy (non-hydrogen) atoms. The van der Waals surface area contributed by atoms with Gasteiger partial charge in [0.25, 0.3) is 7.82 Å². The number of piperazine rings is 1. The van der Waals surface area contributed by atoms with Crippen LogP contribution in [0.4, 0.5) is 5.69 Å². The highest BCUT2D eigenvalue weighted by Gasteiger charge is 2.34. The Labute approximate surface area is 256 Å². The van der Waals surface area contributed by atoms with Gasteiger partial charge in [0.1, 0.15) is 5.75 Å². The Morgan fingerprint density at radius 3 is 2.65 bits per heavy atom. The average molecular weight is 630 g/mol. The number of unbranched alkanes of at least 4 members (excludes halogenated alkanes) is 1. The molecular formula is C31H40N3O7PS. The Morgan fingerprint density at radius 2 is 1.84 bits per heavy atom. The van der Waals surface area contributed by atoms with E-state index in [1.165, 1.54) is 21.8 Å². The SMILES string of the molecule is CC(C)OCCOP(=O)([O-])OC[N+]1(CCCCOc2ccc3ccc(=O)[nH]c3c2)CCN(c2cccc3sccc23)CC1. The number of aromatic nitrogens is 1. The Bertz CT molecular complexity index is 1600. The highest BCUT2D eigenvalue weighted by molar-refractivity contribution is 7.45. The third-order valence-electron chi connectivity index (χ3n) is 7.77. The number of nitrogens with zero attached hydrogens (tertiary/aromatic N) is 2. The fraction of sp³-hybridized carbons (Fsp3) is 0.452. The van der Waals surface area contributed by atoms with Crippen molar-refractivity contribution in [3.63, 3.8) is 0 Å². The summed E-state index contributed by atoms with van der Waals surface area (Å²) in [6.07, 6.45) is 1.62. The highest BCUT2D eigenvalue weighted by Crippen LogP contribution is 2.39. The molecule has 5 rings (SSSR count). The average Bonchev–Trinajstić information content (AvgIpc) is 3.48. The second-order valence-corrected chi connectivity index (χ2v) is 13.6. The van der Waals surface area contributed by atoms with Crippen molar-refractivity contribution in [2.45, 2.75) is 32.8 Å². The zero-order valence-corrected chi connectivity index (χ0v) is 26.4. The molecule has 1 aliphatic rings. The first-order chi connectivity index (χ1) is 20.7. The number of pyridine rings is 1. The van der Waals surface area contributed by atoms with Crippen molar-refractivity contribution in [3.05, 3.63) is 70.3 Å². The fourth-order valence-electron chi connectivity index (χ4n) is 5.42. The monoisotopic (exact) mass is 629 g/mol. The van der Waals surface area contributed by atoms with E-state index in [4.69, 9.17) is 18.5 Å². The second kappa shape index (κ2) is 14.3. The predicted octanol–water partition coefficient (Wildman–Crippen LogP) is 5.12. The molecule has 2 aromatic heterocycles. The molecule has 0 saturated carbocycles. The molecule has 2 aromatic carbocycles. The summed E-state index contributed by atoms with van der Waals surface area (Å²) in [7, 11) is -4.48. The number of anilines is 1. The minimum Gasteiger partial charge on any atom is -0.756 e. The van der Waals surface area contributed by atoms with E-state index in [-0.39, 0.29) is 31.6 Å². The topological polar surface area (TPSA) is 113 Å². The van der Waals surface area contributed by atoms with E-state index >= 15 is 0 Å². The molecule has 1 fully saturated rings. The first kappa shape index (κ1) is 31.7. The van der Waals surface area contributed by atoms with Crippen molar-refractivity contribution >= 4 is 45.8 Å². The molecule has 4 aromatic rings. The number of hydrogen-bond donors (Lipinski definition) is 1. The van der Waals surface area contributed by atoms with Crippen LogP contribution >= 0.6 is 19.2 Å². The van der Waals surface area contributed by atoms with E-state index in [0.29, 0.717) is 16.8 Å². The molecule has 1 atom stereocenters. The van der Waals surface area contributed by atoms with E-state index in [1.807, 2.05) is 32.0 Å². The second-order valence-electron chi connectivity index (χ2n) is 11.2. The Kier molecular flexibility index (Phi) is 10.6. The largest absolute Gasteiger partial charge is 0.756 e. The summed E-state index contributed by atoms with van der Waals surface area (Å²) < 4.78 is 36.3. The van der Waals surface area contributed by atoms with E-state index in [0.717, 1.165) is 56.5 Å². The smallest absolute Gasteiger partial charge is 0.272 e. The molecular weight excluding hydrogens is 589 g/mol. The summed E-state index contributed by atoms with van der Waals surface area (Å²) in [6, 6.07) is 17.5. The van der Waals surface area contributed by atoms with Gasteiger partial charge >= 0.3 is 0 Å². The molecule has 12 heteroatoms. The van der Waals surface area contributed by atoms with Crippen LogP contribution in [0.2, 0.25) is 0 Å². The van der Waals surface area contributed by atoms with E-state index in [2.05, 4.69) is 39.5 Å². The molecule has 1 aliphatic heterocycles. The summed E-state index contributed by atoms with van der Waals surface area (Å²) in [4.78, 5) is 29.5. The minimum absolute atomic E-state index is 0.00477. The number of aromatic amines is 1. The summed E-state index contributed by atoms with van der Waals surface area (Å²) in [6.45, 7) is 8.24. The minimum atomic E-state index is -4.48. The number of rotatable bonds is 15. The van der Waals surface area contributed by atoms with Gasteiger partial charge in [-0.1, -0.05) is 6.07 Å².